The van der Waals surface area contributed by atoms with Crippen molar-refractivity contribution < 1.29 is 5.11 Å². The Morgan fingerprint density at radius 1 is 1.27 bits per heavy atom. The molecule has 3 nitrogen and oxygen atoms in total. The first-order valence-electron chi connectivity index (χ1n) is 4.79. The number of aromatic nitrogens is 2. The number of benzene rings is 1. The molecule has 0 spiro atoms. The fraction of sp³-hybridized carbons (Fsp3) is 0.0833. The van der Waals surface area contributed by atoms with E-state index in [1.807, 2.05) is 42.2 Å². The van der Waals surface area contributed by atoms with Crippen LogP contribution in [0.1, 0.15) is 0 Å². The van der Waals surface area contributed by atoms with E-state index in [2.05, 4.69) is 4.98 Å². The molecule has 0 unspecified atom stereocenters. The molecule has 0 amide bonds. The first-order valence-corrected chi connectivity index (χ1v) is 4.79. The van der Waals surface area contributed by atoms with E-state index < -0.39 is 0 Å². The molecule has 2 heterocycles. The highest BCUT2D eigenvalue weighted by molar-refractivity contribution is 5.99. The van der Waals surface area contributed by atoms with Gasteiger partial charge in [-0.3, -0.25) is 0 Å². The molecule has 2 aliphatic rings. The van der Waals surface area contributed by atoms with Gasteiger partial charge in [-0.25, -0.2) is 4.98 Å². The van der Waals surface area contributed by atoms with Crippen LogP contribution in [-0.2, 0) is 7.05 Å². The standard InChI is InChI=1S/C12H10N2O/c1-14-6-5-8-9-3-2-4-11(15)12(9)13-10(8)7-14/h2-7,15H,1H3. The van der Waals surface area contributed by atoms with Crippen LogP contribution in [0.25, 0.3) is 22.2 Å². The smallest absolute Gasteiger partial charge is 0.141 e. The molecule has 3 heteroatoms. The van der Waals surface area contributed by atoms with Gasteiger partial charge in [0.2, 0.25) is 0 Å². The second kappa shape index (κ2) is 2.73. The van der Waals surface area contributed by atoms with Crippen molar-refractivity contribution >= 4 is 10.9 Å². The summed E-state index contributed by atoms with van der Waals surface area (Å²) in [4.78, 5) is 4.40. The van der Waals surface area contributed by atoms with Crippen molar-refractivity contribution in [3.63, 3.8) is 0 Å². The number of pyridine rings is 1. The number of phenols is 1. The van der Waals surface area contributed by atoms with Gasteiger partial charge in [-0.2, -0.15) is 0 Å². The van der Waals surface area contributed by atoms with Crippen molar-refractivity contribution in [3.05, 3.63) is 36.7 Å². The Bertz CT molecular complexity index is 612. The van der Waals surface area contributed by atoms with Crippen LogP contribution >= 0.6 is 0 Å². The average Bonchev–Trinajstić information content (AvgIpc) is 2.57. The Morgan fingerprint density at radius 2 is 2.13 bits per heavy atom. The number of aromatic hydroxyl groups is 1. The largest absolute Gasteiger partial charge is 0.506 e. The molecule has 0 saturated heterocycles. The zero-order valence-electron chi connectivity index (χ0n) is 8.31. The van der Waals surface area contributed by atoms with E-state index in [0.717, 1.165) is 16.6 Å². The van der Waals surface area contributed by atoms with Crippen molar-refractivity contribution in [2.24, 2.45) is 7.05 Å². The van der Waals surface area contributed by atoms with Gasteiger partial charge in [0, 0.05) is 30.4 Å². The van der Waals surface area contributed by atoms with Crippen LogP contribution in [0.3, 0.4) is 0 Å². The predicted molar refractivity (Wildman–Crippen MR) is 59.0 cm³/mol. The van der Waals surface area contributed by atoms with Crippen molar-refractivity contribution in [1.82, 2.24) is 9.55 Å². The molecule has 0 radical (unpaired) electrons. The number of para-hydroxylation sites is 1. The first kappa shape index (κ1) is 8.29. The summed E-state index contributed by atoms with van der Waals surface area (Å²) in [6.07, 6.45) is 3.93. The SMILES string of the molecule is Cn1ccc2c3cccc(O)c3nc-2c1. The number of rotatable bonds is 0. The van der Waals surface area contributed by atoms with Gasteiger partial charge in [0.05, 0.1) is 5.69 Å². The Balaban J connectivity index is 2.51. The summed E-state index contributed by atoms with van der Waals surface area (Å²) < 4.78 is 1.95. The van der Waals surface area contributed by atoms with E-state index in [1.165, 1.54) is 0 Å². The molecule has 0 saturated carbocycles. The summed E-state index contributed by atoms with van der Waals surface area (Å²) in [5.74, 6) is 0.242. The van der Waals surface area contributed by atoms with Crippen LogP contribution in [0.2, 0.25) is 0 Å². The normalized spacial score (nSPS) is 11.3. The number of fused-ring (bicyclic) bond motifs is 3. The quantitative estimate of drug-likeness (QED) is 0.602. The molecule has 2 aliphatic heterocycles. The third-order valence-electron chi connectivity index (χ3n) is 2.62. The molecule has 0 atom stereocenters. The summed E-state index contributed by atoms with van der Waals surface area (Å²) in [6.45, 7) is 0. The van der Waals surface area contributed by atoms with Gasteiger partial charge >= 0.3 is 0 Å². The third kappa shape index (κ3) is 1.09. The fourth-order valence-electron chi connectivity index (χ4n) is 1.89. The lowest BCUT2D eigenvalue weighted by atomic mass is 10.1. The maximum atomic E-state index is 9.67. The van der Waals surface area contributed by atoms with Gasteiger partial charge in [0.1, 0.15) is 11.3 Å². The van der Waals surface area contributed by atoms with E-state index in [9.17, 15) is 5.11 Å². The number of phenolic OH excluding ortho intramolecular Hbond substituents is 1. The minimum Gasteiger partial charge on any atom is -0.506 e. The van der Waals surface area contributed by atoms with E-state index in [-0.39, 0.29) is 5.75 Å². The minimum absolute atomic E-state index is 0.242. The summed E-state index contributed by atoms with van der Waals surface area (Å²) in [6, 6.07) is 7.49. The van der Waals surface area contributed by atoms with E-state index in [1.54, 1.807) is 6.07 Å². The maximum absolute atomic E-state index is 9.67. The topological polar surface area (TPSA) is 38.0 Å². The van der Waals surface area contributed by atoms with E-state index >= 15 is 0 Å². The summed E-state index contributed by atoms with van der Waals surface area (Å²) in [5.41, 5.74) is 2.68. The predicted octanol–water partition coefficient (Wildman–Crippen LogP) is 2.38. The molecule has 0 aliphatic carbocycles. The highest BCUT2D eigenvalue weighted by atomic mass is 16.3. The third-order valence-corrected chi connectivity index (χ3v) is 2.62. The van der Waals surface area contributed by atoms with E-state index in [4.69, 9.17) is 0 Å². The second-order valence-electron chi connectivity index (χ2n) is 3.69. The lowest BCUT2D eigenvalue weighted by Gasteiger charge is -2.01. The van der Waals surface area contributed by atoms with E-state index in [0.29, 0.717) is 5.52 Å². The van der Waals surface area contributed by atoms with Gasteiger partial charge in [-0.1, -0.05) is 12.1 Å². The second-order valence-corrected chi connectivity index (χ2v) is 3.69. The van der Waals surface area contributed by atoms with Gasteiger partial charge in [-0.05, 0) is 12.1 Å². The van der Waals surface area contributed by atoms with Crippen LogP contribution in [-0.4, -0.2) is 14.7 Å². The lowest BCUT2D eigenvalue weighted by molar-refractivity contribution is 0.480. The molecule has 0 fully saturated rings. The molecule has 74 valence electrons. The van der Waals surface area contributed by atoms with Gasteiger partial charge in [0.15, 0.2) is 0 Å². The monoisotopic (exact) mass is 198 g/mol. The van der Waals surface area contributed by atoms with Crippen LogP contribution in [0.4, 0.5) is 0 Å². The Morgan fingerprint density at radius 3 is 3.00 bits per heavy atom. The summed E-state index contributed by atoms with van der Waals surface area (Å²) in [7, 11) is 1.96. The van der Waals surface area contributed by atoms with Crippen molar-refractivity contribution in [2.75, 3.05) is 0 Å². The molecule has 0 bridgehead atoms. The molecule has 1 N–H and O–H groups in total. The van der Waals surface area contributed by atoms with Crippen LogP contribution in [0, 0.1) is 0 Å². The van der Waals surface area contributed by atoms with Crippen molar-refractivity contribution in [3.8, 4) is 17.0 Å². The summed E-state index contributed by atoms with van der Waals surface area (Å²) in [5, 5.41) is 10.7. The van der Waals surface area contributed by atoms with Crippen LogP contribution in [0.15, 0.2) is 36.7 Å². The number of hydrogen-bond donors (Lipinski definition) is 1. The van der Waals surface area contributed by atoms with Crippen LogP contribution in [0.5, 0.6) is 5.75 Å². The van der Waals surface area contributed by atoms with Crippen molar-refractivity contribution in [2.45, 2.75) is 0 Å². The number of hydrogen-bond acceptors (Lipinski definition) is 2. The van der Waals surface area contributed by atoms with Crippen LogP contribution < -0.4 is 0 Å². The molecular formula is C12H10N2O. The molecule has 0 aromatic heterocycles. The zero-order valence-corrected chi connectivity index (χ0v) is 8.31. The average molecular weight is 198 g/mol. The Kier molecular flexibility index (Phi) is 1.51. The Hall–Kier alpha value is -2.03. The molecule has 15 heavy (non-hydrogen) atoms. The molecule has 1 aromatic rings. The molecular weight excluding hydrogens is 188 g/mol. The lowest BCUT2D eigenvalue weighted by Crippen LogP contribution is -1.89. The first-order chi connectivity index (χ1) is 7.25. The maximum Gasteiger partial charge on any atom is 0.141 e. The summed E-state index contributed by atoms with van der Waals surface area (Å²) >= 11 is 0. The fourth-order valence-corrected chi connectivity index (χ4v) is 1.89. The van der Waals surface area contributed by atoms with Gasteiger partial charge < -0.3 is 9.67 Å². The van der Waals surface area contributed by atoms with Gasteiger partial charge in [-0.15, -0.1) is 0 Å². The highest BCUT2D eigenvalue weighted by Crippen LogP contribution is 2.34. The van der Waals surface area contributed by atoms with Crippen molar-refractivity contribution in [1.29, 1.82) is 0 Å². The zero-order chi connectivity index (χ0) is 10.4. The van der Waals surface area contributed by atoms with Gasteiger partial charge in [0.25, 0.3) is 0 Å². The molecule has 3 rings (SSSR count). The number of nitrogens with zero attached hydrogens (tertiary/aromatic N) is 2. The highest BCUT2D eigenvalue weighted by Gasteiger charge is 2.13. The Labute approximate surface area is 86.9 Å². The number of aryl methyl sites for hydroxylation is 1. The molecule has 1 aromatic carbocycles. The minimum atomic E-state index is 0.242.